The molecule has 0 saturated heterocycles. The van der Waals surface area contributed by atoms with E-state index in [1.807, 2.05) is 0 Å². The largest absolute Gasteiger partial charge is 0.142 e. The summed E-state index contributed by atoms with van der Waals surface area (Å²) in [5.74, 6) is 0. The molecule has 2 rings (SSSR count). The van der Waals surface area contributed by atoms with E-state index in [4.69, 9.17) is 11.6 Å². The van der Waals surface area contributed by atoms with Gasteiger partial charge in [0, 0.05) is 5.33 Å². The van der Waals surface area contributed by atoms with Gasteiger partial charge >= 0.3 is 0 Å². The fourth-order valence-corrected chi connectivity index (χ4v) is 3.68. The molecular formula is C11H10BrClS. The van der Waals surface area contributed by atoms with E-state index in [0.717, 1.165) is 16.8 Å². The standard InChI is InChI=1S/C11H10BrClS/c1-2-7-3-4-9-8(5-12)6-14-11(9)10(7)13/h3-4,6H,2,5H2,1H3. The van der Waals surface area contributed by atoms with Crippen molar-refractivity contribution in [3.63, 3.8) is 0 Å². The van der Waals surface area contributed by atoms with Crippen LogP contribution in [0.1, 0.15) is 18.1 Å². The molecule has 2 aromatic rings. The number of thiophene rings is 1. The van der Waals surface area contributed by atoms with Gasteiger partial charge in [-0.25, -0.2) is 0 Å². The molecule has 0 radical (unpaired) electrons. The Morgan fingerprint density at radius 2 is 2.14 bits per heavy atom. The van der Waals surface area contributed by atoms with Gasteiger partial charge in [-0.2, -0.15) is 0 Å². The summed E-state index contributed by atoms with van der Waals surface area (Å²) in [5.41, 5.74) is 2.57. The van der Waals surface area contributed by atoms with Crippen LogP contribution in [0, 0.1) is 0 Å². The van der Waals surface area contributed by atoms with Crippen LogP contribution in [0.4, 0.5) is 0 Å². The lowest BCUT2D eigenvalue weighted by Gasteiger charge is -2.02. The Morgan fingerprint density at radius 1 is 1.36 bits per heavy atom. The molecule has 0 nitrogen and oxygen atoms in total. The van der Waals surface area contributed by atoms with Crippen molar-refractivity contribution in [2.75, 3.05) is 0 Å². The highest BCUT2D eigenvalue weighted by atomic mass is 79.9. The van der Waals surface area contributed by atoms with Gasteiger partial charge in [0.15, 0.2) is 0 Å². The molecule has 14 heavy (non-hydrogen) atoms. The van der Waals surface area contributed by atoms with E-state index in [1.165, 1.54) is 21.2 Å². The van der Waals surface area contributed by atoms with Crippen LogP contribution in [0.15, 0.2) is 17.5 Å². The van der Waals surface area contributed by atoms with E-state index in [9.17, 15) is 0 Å². The van der Waals surface area contributed by atoms with Crippen molar-refractivity contribution in [3.05, 3.63) is 33.7 Å². The average Bonchev–Trinajstić information content (AvgIpc) is 2.62. The van der Waals surface area contributed by atoms with Crippen molar-refractivity contribution < 1.29 is 0 Å². The average molecular weight is 290 g/mol. The van der Waals surface area contributed by atoms with Crippen LogP contribution < -0.4 is 0 Å². The van der Waals surface area contributed by atoms with Gasteiger partial charge in [0.05, 0.1) is 9.72 Å². The third-order valence-corrected chi connectivity index (χ3v) is 4.58. The van der Waals surface area contributed by atoms with Gasteiger partial charge in [0.25, 0.3) is 0 Å². The molecule has 0 N–H and O–H groups in total. The number of fused-ring (bicyclic) bond motifs is 1. The Hall–Kier alpha value is -0.0500. The van der Waals surface area contributed by atoms with Gasteiger partial charge < -0.3 is 0 Å². The predicted molar refractivity (Wildman–Crippen MR) is 68.8 cm³/mol. The molecule has 0 spiro atoms. The number of hydrogen-bond donors (Lipinski definition) is 0. The Bertz CT molecular complexity index is 462. The Kier molecular flexibility index (Phi) is 3.15. The summed E-state index contributed by atoms with van der Waals surface area (Å²) in [5, 5.41) is 5.29. The summed E-state index contributed by atoms with van der Waals surface area (Å²) in [4.78, 5) is 0. The molecule has 0 atom stereocenters. The quantitative estimate of drug-likeness (QED) is 0.682. The van der Waals surface area contributed by atoms with Crippen molar-refractivity contribution in [1.82, 2.24) is 0 Å². The number of rotatable bonds is 2. The first-order valence-corrected chi connectivity index (χ1v) is 6.89. The van der Waals surface area contributed by atoms with Crippen molar-refractivity contribution in [2.24, 2.45) is 0 Å². The fraction of sp³-hybridized carbons (Fsp3) is 0.273. The second-order valence-electron chi connectivity index (χ2n) is 3.16. The predicted octanol–water partition coefficient (Wildman–Crippen LogP) is 5.01. The van der Waals surface area contributed by atoms with Gasteiger partial charge in [-0.3, -0.25) is 0 Å². The van der Waals surface area contributed by atoms with Crippen LogP contribution in [0.25, 0.3) is 10.1 Å². The second kappa shape index (κ2) is 4.21. The molecule has 0 saturated carbocycles. The first kappa shape index (κ1) is 10.5. The third-order valence-electron chi connectivity index (χ3n) is 2.37. The molecule has 0 aliphatic carbocycles. The van der Waals surface area contributed by atoms with Gasteiger partial charge in [0.1, 0.15) is 0 Å². The number of alkyl halides is 1. The van der Waals surface area contributed by atoms with E-state index in [0.29, 0.717) is 0 Å². The molecule has 0 amide bonds. The molecule has 0 bridgehead atoms. The monoisotopic (exact) mass is 288 g/mol. The number of benzene rings is 1. The Labute approximate surface area is 101 Å². The zero-order valence-corrected chi connectivity index (χ0v) is 11.0. The van der Waals surface area contributed by atoms with Crippen LogP contribution in [-0.4, -0.2) is 0 Å². The maximum absolute atomic E-state index is 6.31. The number of aryl methyl sites for hydroxylation is 1. The van der Waals surface area contributed by atoms with Crippen LogP contribution in [-0.2, 0) is 11.8 Å². The highest BCUT2D eigenvalue weighted by Gasteiger charge is 2.08. The van der Waals surface area contributed by atoms with Crippen LogP contribution in [0.2, 0.25) is 5.02 Å². The van der Waals surface area contributed by atoms with Crippen molar-refractivity contribution >= 4 is 49.0 Å². The van der Waals surface area contributed by atoms with E-state index in [2.05, 4.69) is 40.4 Å². The fourth-order valence-electron chi connectivity index (χ4n) is 1.53. The first-order chi connectivity index (χ1) is 6.77. The summed E-state index contributed by atoms with van der Waals surface area (Å²) in [7, 11) is 0. The normalized spacial score (nSPS) is 11.1. The van der Waals surface area contributed by atoms with Crippen molar-refractivity contribution in [2.45, 2.75) is 18.7 Å². The lowest BCUT2D eigenvalue weighted by molar-refractivity contribution is 1.15. The number of halogens is 2. The Balaban J connectivity index is 2.72. The lowest BCUT2D eigenvalue weighted by atomic mass is 10.1. The highest BCUT2D eigenvalue weighted by molar-refractivity contribution is 9.08. The molecule has 3 heteroatoms. The SMILES string of the molecule is CCc1ccc2c(CBr)csc2c1Cl. The second-order valence-corrected chi connectivity index (χ2v) is 4.98. The summed E-state index contributed by atoms with van der Waals surface area (Å²) in [6, 6.07) is 4.30. The van der Waals surface area contributed by atoms with Crippen LogP contribution in [0.5, 0.6) is 0 Å². The molecule has 74 valence electrons. The molecule has 1 aromatic heterocycles. The zero-order valence-electron chi connectivity index (χ0n) is 7.81. The van der Waals surface area contributed by atoms with Gasteiger partial charge in [-0.05, 0) is 28.3 Å². The highest BCUT2D eigenvalue weighted by Crippen LogP contribution is 2.35. The molecule has 0 unspecified atom stereocenters. The zero-order chi connectivity index (χ0) is 10.1. The molecule has 0 fully saturated rings. The van der Waals surface area contributed by atoms with Gasteiger partial charge in [-0.15, -0.1) is 11.3 Å². The van der Waals surface area contributed by atoms with Crippen LogP contribution >= 0.6 is 38.9 Å². The van der Waals surface area contributed by atoms with Crippen molar-refractivity contribution in [1.29, 1.82) is 0 Å². The van der Waals surface area contributed by atoms with E-state index < -0.39 is 0 Å². The minimum absolute atomic E-state index is 0.898. The van der Waals surface area contributed by atoms with Gasteiger partial charge in [0.2, 0.25) is 0 Å². The Morgan fingerprint density at radius 3 is 2.79 bits per heavy atom. The molecule has 0 aliphatic rings. The van der Waals surface area contributed by atoms with E-state index in [1.54, 1.807) is 11.3 Å². The molecule has 1 aromatic carbocycles. The topological polar surface area (TPSA) is 0 Å². The maximum Gasteiger partial charge on any atom is 0.0616 e. The van der Waals surface area contributed by atoms with Crippen LogP contribution in [0.3, 0.4) is 0 Å². The first-order valence-electron chi connectivity index (χ1n) is 4.51. The smallest absolute Gasteiger partial charge is 0.0616 e. The molecule has 0 aliphatic heterocycles. The van der Waals surface area contributed by atoms with Gasteiger partial charge in [-0.1, -0.05) is 46.6 Å². The van der Waals surface area contributed by atoms with E-state index in [-0.39, 0.29) is 0 Å². The number of hydrogen-bond acceptors (Lipinski definition) is 1. The lowest BCUT2D eigenvalue weighted by Crippen LogP contribution is -1.82. The minimum atomic E-state index is 0.898. The summed E-state index contributed by atoms with van der Waals surface area (Å²) in [6.07, 6.45) is 0.996. The third kappa shape index (κ3) is 1.60. The molecular weight excluding hydrogens is 280 g/mol. The summed E-state index contributed by atoms with van der Waals surface area (Å²) in [6.45, 7) is 2.13. The summed E-state index contributed by atoms with van der Waals surface area (Å²) < 4.78 is 1.22. The van der Waals surface area contributed by atoms with E-state index >= 15 is 0 Å². The summed E-state index contributed by atoms with van der Waals surface area (Å²) >= 11 is 11.5. The minimum Gasteiger partial charge on any atom is -0.142 e. The maximum atomic E-state index is 6.31. The molecule has 1 heterocycles. The van der Waals surface area contributed by atoms with Crippen molar-refractivity contribution in [3.8, 4) is 0 Å².